The second-order valence-corrected chi connectivity index (χ2v) is 7.41. The molecule has 152 valence electrons. The summed E-state index contributed by atoms with van der Waals surface area (Å²) in [6, 6.07) is 20.0. The molecule has 1 aliphatic heterocycles. The molecule has 1 N–H and O–H groups in total. The lowest BCUT2D eigenvalue weighted by Crippen LogP contribution is -2.25. The third kappa shape index (κ3) is 4.74. The van der Waals surface area contributed by atoms with E-state index in [1.54, 1.807) is 18.2 Å². The summed E-state index contributed by atoms with van der Waals surface area (Å²) >= 11 is 0. The maximum absolute atomic E-state index is 13.9. The molecule has 3 aromatic rings. The van der Waals surface area contributed by atoms with Crippen molar-refractivity contribution in [1.29, 1.82) is 0 Å². The van der Waals surface area contributed by atoms with E-state index in [4.69, 9.17) is 4.74 Å². The lowest BCUT2D eigenvalue weighted by Gasteiger charge is -2.18. The highest BCUT2D eigenvalue weighted by molar-refractivity contribution is 5.95. The SMILES string of the molecule is O=C(CCCc1ccc(-c2ccccc2F)cc1)Cc1ccc2c(c1)OCC(=O)N2. The van der Waals surface area contributed by atoms with Crippen LogP contribution in [-0.4, -0.2) is 18.3 Å². The molecule has 1 amide bonds. The van der Waals surface area contributed by atoms with E-state index in [1.807, 2.05) is 42.5 Å². The van der Waals surface area contributed by atoms with E-state index in [0.717, 1.165) is 29.5 Å². The molecule has 0 saturated heterocycles. The zero-order valence-electron chi connectivity index (χ0n) is 16.5. The minimum Gasteiger partial charge on any atom is -0.482 e. The minimum absolute atomic E-state index is 0.000102. The summed E-state index contributed by atoms with van der Waals surface area (Å²) in [5.74, 6) is 0.367. The van der Waals surface area contributed by atoms with E-state index in [0.29, 0.717) is 29.8 Å². The van der Waals surface area contributed by atoms with Crippen LogP contribution in [0.15, 0.2) is 66.7 Å². The molecule has 0 atom stereocenters. The summed E-state index contributed by atoms with van der Waals surface area (Å²) in [6.07, 6.45) is 2.39. The molecular formula is C25H22FNO3. The Balaban J connectivity index is 1.28. The Hall–Kier alpha value is -3.47. The predicted molar refractivity (Wildman–Crippen MR) is 114 cm³/mol. The van der Waals surface area contributed by atoms with Gasteiger partial charge in [0.05, 0.1) is 5.69 Å². The van der Waals surface area contributed by atoms with Gasteiger partial charge in [-0.2, -0.15) is 0 Å². The van der Waals surface area contributed by atoms with Crippen LogP contribution in [0.5, 0.6) is 5.75 Å². The van der Waals surface area contributed by atoms with E-state index < -0.39 is 0 Å². The third-order valence-corrected chi connectivity index (χ3v) is 5.14. The molecule has 0 saturated carbocycles. The Morgan fingerprint density at radius 2 is 1.77 bits per heavy atom. The van der Waals surface area contributed by atoms with Gasteiger partial charge < -0.3 is 10.1 Å². The number of aryl methyl sites for hydroxylation is 1. The van der Waals surface area contributed by atoms with Gasteiger partial charge in [-0.15, -0.1) is 0 Å². The molecule has 4 rings (SSSR count). The van der Waals surface area contributed by atoms with E-state index in [9.17, 15) is 14.0 Å². The quantitative estimate of drug-likeness (QED) is 0.607. The minimum atomic E-state index is -0.231. The van der Waals surface area contributed by atoms with Crippen molar-refractivity contribution in [2.24, 2.45) is 0 Å². The first-order valence-electron chi connectivity index (χ1n) is 9.99. The van der Waals surface area contributed by atoms with Crippen molar-refractivity contribution < 1.29 is 18.7 Å². The van der Waals surface area contributed by atoms with Crippen LogP contribution >= 0.6 is 0 Å². The fourth-order valence-corrected chi connectivity index (χ4v) is 3.58. The number of carbonyl (C=O) groups excluding carboxylic acids is 2. The second kappa shape index (κ2) is 8.91. The van der Waals surface area contributed by atoms with Crippen molar-refractivity contribution in [3.63, 3.8) is 0 Å². The summed E-state index contributed by atoms with van der Waals surface area (Å²) in [7, 11) is 0. The highest BCUT2D eigenvalue weighted by Gasteiger charge is 2.16. The van der Waals surface area contributed by atoms with E-state index in [2.05, 4.69) is 5.32 Å². The lowest BCUT2D eigenvalue weighted by atomic mass is 9.99. The van der Waals surface area contributed by atoms with Crippen molar-refractivity contribution >= 4 is 17.4 Å². The Bertz CT molecular complexity index is 1080. The Morgan fingerprint density at radius 1 is 1.00 bits per heavy atom. The van der Waals surface area contributed by atoms with Gasteiger partial charge in [0.15, 0.2) is 6.61 Å². The molecule has 30 heavy (non-hydrogen) atoms. The number of hydrogen-bond donors (Lipinski definition) is 1. The Labute approximate surface area is 174 Å². The van der Waals surface area contributed by atoms with E-state index >= 15 is 0 Å². The number of benzene rings is 3. The highest BCUT2D eigenvalue weighted by atomic mass is 19.1. The maximum Gasteiger partial charge on any atom is 0.262 e. The molecule has 5 heteroatoms. The fourth-order valence-electron chi connectivity index (χ4n) is 3.58. The molecule has 3 aromatic carbocycles. The van der Waals surface area contributed by atoms with E-state index in [-0.39, 0.29) is 24.1 Å². The summed E-state index contributed by atoms with van der Waals surface area (Å²) in [5, 5.41) is 2.74. The molecule has 0 aromatic heterocycles. The molecular weight excluding hydrogens is 381 g/mol. The first kappa shape index (κ1) is 19.8. The van der Waals surface area contributed by atoms with Crippen LogP contribution in [0.25, 0.3) is 11.1 Å². The number of anilines is 1. The fraction of sp³-hybridized carbons (Fsp3) is 0.200. The number of hydrogen-bond acceptors (Lipinski definition) is 3. The Morgan fingerprint density at radius 3 is 2.57 bits per heavy atom. The summed E-state index contributed by atoms with van der Waals surface area (Å²) < 4.78 is 19.3. The first-order valence-corrected chi connectivity index (χ1v) is 9.99. The smallest absolute Gasteiger partial charge is 0.262 e. The number of Topliss-reactive ketones (excluding diaryl/α,β-unsaturated/α-hetero) is 1. The normalized spacial score (nSPS) is 12.6. The van der Waals surface area contributed by atoms with Gasteiger partial charge >= 0.3 is 0 Å². The van der Waals surface area contributed by atoms with Crippen molar-refractivity contribution in [1.82, 2.24) is 0 Å². The van der Waals surface area contributed by atoms with Crippen molar-refractivity contribution in [3.8, 4) is 16.9 Å². The van der Waals surface area contributed by atoms with Crippen LogP contribution in [-0.2, 0) is 22.4 Å². The first-order chi connectivity index (χ1) is 14.6. The van der Waals surface area contributed by atoms with Gasteiger partial charge in [0, 0.05) is 18.4 Å². The van der Waals surface area contributed by atoms with Crippen molar-refractivity contribution in [2.45, 2.75) is 25.7 Å². The zero-order valence-corrected chi connectivity index (χ0v) is 16.5. The van der Waals surface area contributed by atoms with Gasteiger partial charge in [0.1, 0.15) is 17.3 Å². The molecule has 0 aliphatic carbocycles. The summed E-state index contributed by atoms with van der Waals surface area (Å²) in [5.41, 5.74) is 4.08. The van der Waals surface area contributed by atoms with Crippen LogP contribution in [0, 0.1) is 5.82 Å². The molecule has 0 bridgehead atoms. The molecule has 4 nitrogen and oxygen atoms in total. The average molecular weight is 403 g/mol. The number of amides is 1. The van der Waals surface area contributed by atoms with E-state index in [1.165, 1.54) is 6.07 Å². The lowest BCUT2D eigenvalue weighted by molar-refractivity contribution is -0.119. The molecule has 1 aliphatic rings. The zero-order chi connectivity index (χ0) is 20.9. The molecule has 0 radical (unpaired) electrons. The van der Waals surface area contributed by atoms with Crippen molar-refractivity contribution in [2.75, 3.05) is 11.9 Å². The van der Waals surface area contributed by atoms with Crippen LogP contribution in [0.1, 0.15) is 24.0 Å². The van der Waals surface area contributed by atoms with Crippen molar-refractivity contribution in [3.05, 3.63) is 83.7 Å². The predicted octanol–water partition coefficient (Wildman–Crippen LogP) is 4.96. The molecule has 0 fully saturated rings. The molecule has 0 spiro atoms. The summed E-state index contributed by atoms with van der Waals surface area (Å²) in [4.78, 5) is 23.7. The van der Waals surface area contributed by atoms with Gasteiger partial charge in [0.25, 0.3) is 5.91 Å². The average Bonchev–Trinajstić information content (AvgIpc) is 2.75. The van der Waals surface area contributed by atoms with Gasteiger partial charge in [-0.1, -0.05) is 48.5 Å². The Kier molecular flexibility index (Phi) is 5.89. The van der Waals surface area contributed by atoms with Crippen LogP contribution in [0.3, 0.4) is 0 Å². The second-order valence-electron chi connectivity index (χ2n) is 7.41. The number of fused-ring (bicyclic) bond motifs is 1. The number of ether oxygens (including phenoxy) is 1. The topological polar surface area (TPSA) is 55.4 Å². The van der Waals surface area contributed by atoms with Gasteiger partial charge in [0.2, 0.25) is 0 Å². The van der Waals surface area contributed by atoms with Crippen LogP contribution in [0.4, 0.5) is 10.1 Å². The number of halogens is 1. The molecule has 0 unspecified atom stereocenters. The molecule has 1 heterocycles. The number of carbonyl (C=O) groups is 2. The van der Waals surface area contributed by atoms with Gasteiger partial charge in [-0.05, 0) is 47.7 Å². The monoisotopic (exact) mass is 403 g/mol. The van der Waals surface area contributed by atoms with Crippen LogP contribution in [0.2, 0.25) is 0 Å². The third-order valence-electron chi connectivity index (χ3n) is 5.14. The number of rotatable bonds is 7. The number of nitrogens with one attached hydrogen (secondary N) is 1. The highest BCUT2D eigenvalue weighted by Crippen LogP contribution is 2.29. The maximum atomic E-state index is 13.9. The largest absolute Gasteiger partial charge is 0.482 e. The van der Waals surface area contributed by atoms with Gasteiger partial charge in [-0.25, -0.2) is 4.39 Å². The summed E-state index contributed by atoms with van der Waals surface area (Å²) in [6.45, 7) is 0.000102. The number of ketones is 1. The van der Waals surface area contributed by atoms with Gasteiger partial charge in [-0.3, -0.25) is 9.59 Å². The van der Waals surface area contributed by atoms with Crippen LogP contribution < -0.4 is 10.1 Å². The standard InChI is InChI=1S/C25H22FNO3/c26-22-7-2-1-6-21(22)19-11-8-17(9-12-19)4-3-5-20(28)14-18-10-13-23-24(15-18)30-16-25(29)27-23/h1-2,6-13,15H,3-5,14,16H2,(H,27,29).